The van der Waals surface area contributed by atoms with Crippen LogP contribution in [0.15, 0.2) is 64.2 Å². The Morgan fingerprint density at radius 2 is 1.79 bits per heavy atom. The van der Waals surface area contributed by atoms with Crippen molar-refractivity contribution in [2.24, 2.45) is 5.10 Å². The molecule has 3 rings (SSSR count). The van der Waals surface area contributed by atoms with Gasteiger partial charge in [-0.25, -0.2) is 5.43 Å². The van der Waals surface area contributed by atoms with E-state index in [-0.39, 0.29) is 5.91 Å². The summed E-state index contributed by atoms with van der Waals surface area (Å²) in [5, 5.41) is 4.14. The van der Waals surface area contributed by atoms with Crippen molar-refractivity contribution in [1.82, 2.24) is 9.99 Å². The number of benzene rings is 2. The van der Waals surface area contributed by atoms with E-state index in [9.17, 15) is 4.79 Å². The topological polar surface area (TPSA) is 49.6 Å². The average Bonchev–Trinajstić information content (AvgIpc) is 2.95. The van der Waals surface area contributed by atoms with Gasteiger partial charge in [0.25, 0.3) is 5.91 Å². The number of halogens is 1. The third kappa shape index (κ3) is 4.17. The number of carbonyl (C=O) groups excluding carboxylic acids is 1. The van der Waals surface area contributed by atoms with Crippen LogP contribution in [0.4, 0.5) is 5.69 Å². The Labute approximate surface area is 173 Å². The van der Waals surface area contributed by atoms with Gasteiger partial charge in [0, 0.05) is 46.9 Å². The van der Waals surface area contributed by atoms with Crippen molar-refractivity contribution in [3.05, 3.63) is 81.6 Å². The molecule has 0 saturated heterocycles. The normalized spacial score (nSPS) is 11.0. The fourth-order valence-electron chi connectivity index (χ4n) is 3.08. The largest absolute Gasteiger partial charge is 0.378 e. The van der Waals surface area contributed by atoms with Crippen molar-refractivity contribution in [3.8, 4) is 5.69 Å². The zero-order valence-electron chi connectivity index (χ0n) is 16.4. The predicted octanol–water partition coefficient (Wildman–Crippen LogP) is 4.69. The maximum Gasteiger partial charge on any atom is 0.272 e. The summed E-state index contributed by atoms with van der Waals surface area (Å²) in [6.45, 7) is 4.10. The SMILES string of the molecule is Cc1cc(/C=N/NC(=O)c2ccccc2Br)c(C)n1-c1ccc(N(C)C)cc1. The van der Waals surface area contributed by atoms with E-state index in [4.69, 9.17) is 0 Å². The summed E-state index contributed by atoms with van der Waals surface area (Å²) in [7, 11) is 4.05. The van der Waals surface area contributed by atoms with Gasteiger partial charge in [-0.3, -0.25) is 4.79 Å². The minimum atomic E-state index is -0.253. The van der Waals surface area contributed by atoms with E-state index in [1.807, 2.05) is 39.2 Å². The number of amides is 1. The lowest BCUT2D eigenvalue weighted by atomic mass is 10.2. The molecule has 6 heteroatoms. The van der Waals surface area contributed by atoms with E-state index in [0.717, 1.165) is 32.8 Å². The van der Waals surface area contributed by atoms with Crippen LogP contribution in [0.25, 0.3) is 5.69 Å². The molecule has 3 aromatic rings. The molecule has 2 aromatic carbocycles. The molecule has 0 atom stereocenters. The summed E-state index contributed by atoms with van der Waals surface area (Å²) in [5.41, 5.74) is 8.52. The molecule has 0 radical (unpaired) electrons. The van der Waals surface area contributed by atoms with Gasteiger partial charge in [-0.15, -0.1) is 0 Å². The average molecular weight is 439 g/mol. The van der Waals surface area contributed by atoms with E-state index >= 15 is 0 Å². The third-order valence-corrected chi connectivity index (χ3v) is 5.27. The van der Waals surface area contributed by atoms with Gasteiger partial charge >= 0.3 is 0 Å². The zero-order chi connectivity index (χ0) is 20.3. The van der Waals surface area contributed by atoms with E-state index in [2.05, 4.69) is 73.2 Å². The third-order valence-electron chi connectivity index (χ3n) is 4.58. The van der Waals surface area contributed by atoms with Crippen molar-refractivity contribution in [2.75, 3.05) is 19.0 Å². The molecule has 0 aliphatic rings. The van der Waals surface area contributed by atoms with Gasteiger partial charge in [-0.2, -0.15) is 5.10 Å². The molecule has 5 nitrogen and oxygen atoms in total. The van der Waals surface area contributed by atoms with Crippen LogP contribution >= 0.6 is 15.9 Å². The van der Waals surface area contributed by atoms with E-state index in [1.165, 1.54) is 0 Å². The number of aromatic nitrogens is 1. The Balaban J connectivity index is 1.79. The highest BCUT2D eigenvalue weighted by Crippen LogP contribution is 2.22. The molecule has 0 spiro atoms. The fraction of sp³-hybridized carbons (Fsp3) is 0.182. The second-order valence-corrected chi connectivity index (χ2v) is 7.61. The maximum absolute atomic E-state index is 12.3. The van der Waals surface area contributed by atoms with Crippen LogP contribution in [0.1, 0.15) is 27.3 Å². The molecule has 0 aliphatic carbocycles. The lowest BCUT2D eigenvalue weighted by Gasteiger charge is -2.14. The fourth-order valence-corrected chi connectivity index (χ4v) is 3.55. The zero-order valence-corrected chi connectivity index (χ0v) is 18.0. The molecular formula is C22H23BrN4O. The van der Waals surface area contributed by atoms with Crippen LogP contribution in [0.5, 0.6) is 0 Å². The van der Waals surface area contributed by atoms with Crippen LogP contribution < -0.4 is 10.3 Å². The number of carbonyl (C=O) groups is 1. The monoisotopic (exact) mass is 438 g/mol. The molecule has 1 amide bonds. The van der Waals surface area contributed by atoms with E-state index in [0.29, 0.717) is 5.56 Å². The van der Waals surface area contributed by atoms with E-state index < -0.39 is 0 Å². The first-order chi connectivity index (χ1) is 13.4. The number of nitrogens with zero attached hydrogens (tertiary/aromatic N) is 3. The molecule has 0 aliphatic heterocycles. The number of anilines is 1. The van der Waals surface area contributed by atoms with Gasteiger partial charge in [0.15, 0.2) is 0 Å². The first kappa shape index (κ1) is 19.9. The minimum absolute atomic E-state index is 0.253. The lowest BCUT2D eigenvalue weighted by molar-refractivity contribution is 0.0954. The summed E-state index contributed by atoms with van der Waals surface area (Å²) >= 11 is 3.38. The summed E-state index contributed by atoms with van der Waals surface area (Å²) in [4.78, 5) is 14.3. The highest BCUT2D eigenvalue weighted by molar-refractivity contribution is 9.10. The predicted molar refractivity (Wildman–Crippen MR) is 119 cm³/mol. The van der Waals surface area contributed by atoms with Crippen LogP contribution in [0.2, 0.25) is 0 Å². The van der Waals surface area contributed by atoms with Crippen molar-refractivity contribution < 1.29 is 4.79 Å². The molecule has 0 saturated carbocycles. The Bertz CT molecular complexity index is 1020. The molecule has 0 bridgehead atoms. The molecule has 28 heavy (non-hydrogen) atoms. The van der Waals surface area contributed by atoms with Crippen molar-refractivity contribution in [3.63, 3.8) is 0 Å². The summed E-state index contributed by atoms with van der Waals surface area (Å²) in [6, 6.07) is 17.7. The smallest absolute Gasteiger partial charge is 0.272 e. The van der Waals surface area contributed by atoms with Crippen LogP contribution in [-0.2, 0) is 0 Å². The molecule has 1 aromatic heterocycles. The Kier molecular flexibility index (Phi) is 5.99. The van der Waals surface area contributed by atoms with Gasteiger partial charge in [0.2, 0.25) is 0 Å². The summed E-state index contributed by atoms with van der Waals surface area (Å²) < 4.78 is 2.91. The molecular weight excluding hydrogens is 416 g/mol. The highest BCUT2D eigenvalue weighted by Gasteiger charge is 2.11. The summed E-state index contributed by atoms with van der Waals surface area (Å²) in [6.07, 6.45) is 1.68. The minimum Gasteiger partial charge on any atom is -0.378 e. The first-order valence-electron chi connectivity index (χ1n) is 8.93. The number of hydrogen-bond donors (Lipinski definition) is 1. The first-order valence-corrected chi connectivity index (χ1v) is 9.72. The van der Waals surface area contributed by atoms with Crippen LogP contribution in [0, 0.1) is 13.8 Å². The van der Waals surface area contributed by atoms with Crippen molar-refractivity contribution in [1.29, 1.82) is 0 Å². The molecule has 1 heterocycles. The number of nitrogens with one attached hydrogen (secondary N) is 1. The van der Waals surface area contributed by atoms with Gasteiger partial charge < -0.3 is 9.47 Å². The van der Waals surface area contributed by atoms with E-state index in [1.54, 1.807) is 12.3 Å². The maximum atomic E-state index is 12.3. The molecule has 0 fully saturated rings. The van der Waals surface area contributed by atoms with Gasteiger partial charge in [-0.05, 0) is 72.2 Å². The number of hydrogen-bond acceptors (Lipinski definition) is 3. The van der Waals surface area contributed by atoms with Gasteiger partial charge in [0.1, 0.15) is 0 Å². The van der Waals surface area contributed by atoms with Crippen molar-refractivity contribution in [2.45, 2.75) is 13.8 Å². The number of aryl methyl sites for hydroxylation is 1. The Hall–Kier alpha value is -2.86. The summed E-state index contributed by atoms with van der Waals surface area (Å²) in [5.74, 6) is -0.253. The molecule has 0 unspecified atom stereocenters. The van der Waals surface area contributed by atoms with Crippen LogP contribution in [0.3, 0.4) is 0 Å². The van der Waals surface area contributed by atoms with Crippen molar-refractivity contribution >= 4 is 33.7 Å². The second-order valence-electron chi connectivity index (χ2n) is 6.75. The van der Waals surface area contributed by atoms with Gasteiger partial charge in [0.05, 0.1) is 11.8 Å². The number of hydrazone groups is 1. The number of rotatable bonds is 5. The highest BCUT2D eigenvalue weighted by atomic mass is 79.9. The van der Waals surface area contributed by atoms with Crippen LogP contribution in [-0.4, -0.2) is 30.8 Å². The second kappa shape index (κ2) is 8.44. The quantitative estimate of drug-likeness (QED) is 0.464. The molecule has 1 N–H and O–H groups in total. The van der Waals surface area contributed by atoms with Gasteiger partial charge in [-0.1, -0.05) is 12.1 Å². The lowest BCUT2D eigenvalue weighted by Crippen LogP contribution is -2.18. The standard InChI is InChI=1S/C22H23BrN4O/c1-15-13-17(14-24-25-22(28)20-7-5-6-8-21(20)23)16(2)27(15)19-11-9-18(10-12-19)26(3)4/h5-14H,1-4H3,(H,25,28)/b24-14+. The Morgan fingerprint density at radius 3 is 2.43 bits per heavy atom. The Morgan fingerprint density at radius 1 is 1.11 bits per heavy atom. The molecule has 144 valence electrons.